The molecule has 1 aliphatic carbocycles. The van der Waals surface area contributed by atoms with Gasteiger partial charge in [0.05, 0.1) is 12.1 Å². The van der Waals surface area contributed by atoms with Gasteiger partial charge in [-0.25, -0.2) is 14.5 Å². The van der Waals surface area contributed by atoms with Crippen LogP contribution in [0.4, 0.5) is 9.59 Å². The lowest BCUT2D eigenvalue weighted by Gasteiger charge is -2.24. The molecule has 2 fully saturated rings. The average Bonchev–Trinajstić information content (AvgIpc) is 2.75. The van der Waals surface area contributed by atoms with Crippen molar-refractivity contribution < 1.29 is 14.3 Å². The highest BCUT2D eigenvalue weighted by atomic mass is 16.6. The van der Waals surface area contributed by atoms with Crippen LogP contribution in [0.3, 0.4) is 0 Å². The summed E-state index contributed by atoms with van der Waals surface area (Å²) in [4.78, 5) is 26.2. The fourth-order valence-corrected chi connectivity index (χ4v) is 1.84. The monoisotopic (exact) mass is 212 g/mol. The molecule has 5 nitrogen and oxygen atoms in total. The highest BCUT2D eigenvalue weighted by molar-refractivity contribution is 5.94. The first-order chi connectivity index (χ1) is 6.81. The Balaban J connectivity index is 2.06. The Hall–Kier alpha value is -1.26. The first-order valence-corrected chi connectivity index (χ1v) is 5.10. The minimum atomic E-state index is -0.553. The van der Waals surface area contributed by atoms with Crippen LogP contribution in [0.25, 0.3) is 0 Å². The molecule has 0 aromatic carbocycles. The number of carbonyl (C=O) groups is 2. The summed E-state index contributed by atoms with van der Waals surface area (Å²) in [5, 5.41) is 0. The summed E-state index contributed by atoms with van der Waals surface area (Å²) < 4.78 is 5.18. The topological polar surface area (TPSA) is 49.9 Å². The standard InChI is InChI=1S/C10H16N2O3/c1-10(2,3)15-9(14)12-7-5-6(7)11(4)8(12)13/h6-7H,5H2,1-4H3. The highest BCUT2D eigenvalue weighted by Gasteiger charge is 2.58. The molecule has 2 aliphatic rings. The highest BCUT2D eigenvalue weighted by Crippen LogP contribution is 2.40. The van der Waals surface area contributed by atoms with Crippen molar-refractivity contribution in [3.05, 3.63) is 0 Å². The quantitative estimate of drug-likeness (QED) is 0.610. The number of ether oxygens (including phenoxy) is 1. The van der Waals surface area contributed by atoms with Crippen molar-refractivity contribution in [1.29, 1.82) is 0 Å². The second-order valence-corrected chi connectivity index (χ2v) is 5.11. The number of nitrogens with zero attached hydrogens (tertiary/aromatic N) is 2. The zero-order valence-electron chi connectivity index (χ0n) is 9.48. The van der Waals surface area contributed by atoms with Gasteiger partial charge in [-0.05, 0) is 27.2 Å². The molecule has 0 aromatic rings. The summed E-state index contributed by atoms with van der Waals surface area (Å²) in [7, 11) is 1.72. The fraction of sp³-hybridized carbons (Fsp3) is 0.800. The van der Waals surface area contributed by atoms with E-state index >= 15 is 0 Å². The Kier molecular flexibility index (Phi) is 1.96. The molecule has 2 rings (SSSR count). The number of fused-ring (bicyclic) bond motifs is 1. The lowest BCUT2D eigenvalue weighted by atomic mass is 10.2. The van der Waals surface area contributed by atoms with E-state index in [-0.39, 0.29) is 18.1 Å². The zero-order chi connectivity index (χ0) is 11.4. The van der Waals surface area contributed by atoms with E-state index in [2.05, 4.69) is 0 Å². The molecule has 1 heterocycles. The van der Waals surface area contributed by atoms with Gasteiger partial charge in [-0.3, -0.25) is 0 Å². The van der Waals surface area contributed by atoms with Gasteiger partial charge in [0.15, 0.2) is 0 Å². The molecule has 1 aliphatic heterocycles. The van der Waals surface area contributed by atoms with Gasteiger partial charge in [0.2, 0.25) is 0 Å². The predicted octanol–water partition coefficient (Wildman–Crippen LogP) is 1.43. The molecule has 0 spiro atoms. The Morgan fingerprint density at radius 1 is 1.40 bits per heavy atom. The second-order valence-electron chi connectivity index (χ2n) is 5.11. The maximum absolute atomic E-state index is 11.7. The van der Waals surface area contributed by atoms with Crippen molar-refractivity contribution in [1.82, 2.24) is 9.80 Å². The summed E-state index contributed by atoms with van der Waals surface area (Å²) in [6.07, 6.45) is 0.353. The van der Waals surface area contributed by atoms with E-state index in [4.69, 9.17) is 4.74 Å². The minimum absolute atomic E-state index is 0.0392. The largest absolute Gasteiger partial charge is 0.443 e. The van der Waals surface area contributed by atoms with Gasteiger partial charge in [-0.15, -0.1) is 0 Å². The van der Waals surface area contributed by atoms with Crippen LogP contribution >= 0.6 is 0 Å². The molecule has 1 saturated carbocycles. The van der Waals surface area contributed by atoms with E-state index in [1.54, 1.807) is 32.7 Å². The van der Waals surface area contributed by atoms with Crippen molar-refractivity contribution in [2.75, 3.05) is 7.05 Å². The Morgan fingerprint density at radius 2 is 2.00 bits per heavy atom. The van der Waals surface area contributed by atoms with E-state index < -0.39 is 11.7 Å². The van der Waals surface area contributed by atoms with Gasteiger partial charge >= 0.3 is 12.1 Å². The lowest BCUT2D eigenvalue weighted by Crippen LogP contribution is -2.42. The SMILES string of the molecule is CN1C(=O)N(C(=O)OC(C)(C)C)C2CC21. The van der Waals surface area contributed by atoms with Crippen molar-refractivity contribution in [3.63, 3.8) is 0 Å². The van der Waals surface area contributed by atoms with Crippen molar-refractivity contribution in [2.24, 2.45) is 0 Å². The normalized spacial score (nSPS) is 29.2. The first-order valence-electron chi connectivity index (χ1n) is 5.10. The molecular formula is C10H16N2O3. The average molecular weight is 212 g/mol. The Bertz CT molecular complexity index is 321. The fourth-order valence-electron chi connectivity index (χ4n) is 1.84. The third kappa shape index (κ3) is 1.66. The van der Waals surface area contributed by atoms with Crippen LogP contribution in [0, 0.1) is 0 Å². The van der Waals surface area contributed by atoms with Crippen molar-refractivity contribution in [2.45, 2.75) is 44.9 Å². The van der Waals surface area contributed by atoms with Gasteiger partial charge in [0.1, 0.15) is 5.60 Å². The lowest BCUT2D eigenvalue weighted by molar-refractivity contribution is 0.0321. The number of carbonyl (C=O) groups excluding carboxylic acids is 2. The molecule has 0 radical (unpaired) electrons. The summed E-state index contributed by atoms with van der Waals surface area (Å²) in [6.45, 7) is 5.37. The molecule has 15 heavy (non-hydrogen) atoms. The molecule has 3 amide bonds. The number of urea groups is 1. The van der Waals surface area contributed by atoms with Crippen LogP contribution in [0.2, 0.25) is 0 Å². The number of imide groups is 1. The third-order valence-corrected chi connectivity index (χ3v) is 2.65. The summed E-state index contributed by atoms with van der Waals surface area (Å²) in [5.41, 5.74) is -0.553. The molecule has 0 aromatic heterocycles. The zero-order valence-corrected chi connectivity index (χ0v) is 9.48. The van der Waals surface area contributed by atoms with E-state index in [1.807, 2.05) is 0 Å². The molecule has 0 bridgehead atoms. The van der Waals surface area contributed by atoms with Gasteiger partial charge in [0, 0.05) is 7.05 Å². The predicted molar refractivity (Wildman–Crippen MR) is 53.4 cm³/mol. The number of amides is 3. The summed E-state index contributed by atoms with van der Waals surface area (Å²) >= 11 is 0. The number of hydrogen-bond acceptors (Lipinski definition) is 3. The van der Waals surface area contributed by atoms with Crippen LogP contribution < -0.4 is 0 Å². The molecule has 1 saturated heterocycles. The van der Waals surface area contributed by atoms with Crippen LogP contribution in [0.15, 0.2) is 0 Å². The summed E-state index contributed by atoms with van der Waals surface area (Å²) in [5.74, 6) is 0. The molecule has 0 N–H and O–H groups in total. The molecule has 5 heteroatoms. The number of likely N-dealkylation sites (N-methyl/N-ethyl adjacent to an activating group) is 1. The van der Waals surface area contributed by atoms with Gasteiger partial charge in [-0.1, -0.05) is 0 Å². The van der Waals surface area contributed by atoms with Gasteiger partial charge in [0.25, 0.3) is 0 Å². The Morgan fingerprint density at radius 3 is 2.40 bits per heavy atom. The van der Waals surface area contributed by atoms with Crippen LogP contribution in [0.1, 0.15) is 27.2 Å². The van der Waals surface area contributed by atoms with E-state index in [9.17, 15) is 9.59 Å². The second kappa shape index (κ2) is 2.87. The maximum Gasteiger partial charge on any atom is 0.418 e. The van der Waals surface area contributed by atoms with Crippen molar-refractivity contribution in [3.8, 4) is 0 Å². The summed E-state index contributed by atoms with van der Waals surface area (Å²) in [6, 6.07) is 0.00729. The third-order valence-electron chi connectivity index (χ3n) is 2.65. The number of rotatable bonds is 0. The molecular weight excluding hydrogens is 196 g/mol. The Labute approximate surface area is 89.0 Å². The van der Waals surface area contributed by atoms with E-state index in [1.165, 1.54) is 4.90 Å². The minimum Gasteiger partial charge on any atom is -0.443 e. The van der Waals surface area contributed by atoms with E-state index in [0.717, 1.165) is 6.42 Å². The van der Waals surface area contributed by atoms with Crippen LogP contribution in [0.5, 0.6) is 0 Å². The van der Waals surface area contributed by atoms with Crippen molar-refractivity contribution >= 4 is 12.1 Å². The smallest absolute Gasteiger partial charge is 0.418 e. The molecule has 84 valence electrons. The first kappa shape index (κ1) is 10.3. The van der Waals surface area contributed by atoms with Gasteiger partial charge in [-0.2, -0.15) is 0 Å². The maximum atomic E-state index is 11.7. The molecule has 2 unspecified atom stereocenters. The van der Waals surface area contributed by atoms with E-state index in [0.29, 0.717) is 0 Å². The van der Waals surface area contributed by atoms with Gasteiger partial charge < -0.3 is 9.64 Å². The molecule has 2 atom stereocenters. The van der Waals surface area contributed by atoms with Crippen LogP contribution in [-0.2, 0) is 4.74 Å². The van der Waals surface area contributed by atoms with Crippen LogP contribution in [-0.4, -0.2) is 46.7 Å². The number of hydrogen-bond donors (Lipinski definition) is 0.